The molecule has 36 heavy (non-hydrogen) atoms. The van der Waals surface area contributed by atoms with Crippen LogP contribution in [-0.4, -0.2) is 69.4 Å². The summed E-state index contributed by atoms with van der Waals surface area (Å²) < 4.78 is 58.8. The number of hydrogen-bond acceptors (Lipinski definition) is 6. The van der Waals surface area contributed by atoms with Crippen molar-refractivity contribution in [2.45, 2.75) is 25.5 Å². The predicted molar refractivity (Wildman–Crippen MR) is 122 cm³/mol. The van der Waals surface area contributed by atoms with Gasteiger partial charge in [0.1, 0.15) is 29.4 Å². The van der Waals surface area contributed by atoms with Gasteiger partial charge in [-0.25, -0.2) is 8.78 Å². The molecule has 0 radical (unpaired) electrons. The number of nitrogens with one attached hydrogen (secondary N) is 3. The fraction of sp³-hybridized carbons (Fsp3) is 0.333. The second-order valence-corrected chi connectivity index (χ2v) is 8.33. The minimum atomic E-state index is -3.16. The maximum absolute atomic E-state index is 13.5. The Bertz CT molecular complexity index is 1280. The van der Waals surface area contributed by atoms with Crippen molar-refractivity contribution in [3.8, 4) is 17.0 Å². The van der Waals surface area contributed by atoms with Crippen molar-refractivity contribution in [3.63, 3.8) is 0 Å². The largest absolute Gasteiger partial charge is 0.434 e. The number of carbonyl (C=O) groups excluding carboxylic acids is 2. The summed E-state index contributed by atoms with van der Waals surface area (Å²) in [5.74, 6) is -4.18. The number of anilines is 2. The second-order valence-electron chi connectivity index (χ2n) is 7.89. The normalized spacial score (nSPS) is 14.8. The summed E-state index contributed by atoms with van der Waals surface area (Å²) in [4.78, 5) is 26.5. The van der Waals surface area contributed by atoms with Gasteiger partial charge in [-0.1, -0.05) is 11.6 Å². The van der Waals surface area contributed by atoms with Crippen LogP contribution in [0.4, 0.5) is 29.1 Å². The Morgan fingerprint density at radius 3 is 2.78 bits per heavy atom. The summed E-state index contributed by atoms with van der Waals surface area (Å²) in [6.07, 6.45) is 2.11. The van der Waals surface area contributed by atoms with Crippen LogP contribution in [0.1, 0.15) is 16.8 Å². The lowest BCUT2D eigenvalue weighted by Gasteiger charge is -2.15. The van der Waals surface area contributed by atoms with Crippen LogP contribution in [0.3, 0.4) is 0 Å². The van der Waals surface area contributed by atoms with E-state index in [1.165, 1.54) is 30.6 Å². The van der Waals surface area contributed by atoms with Gasteiger partial charge in [-0.3, -0.25) is 19.4 Å². The van der Waals surface area contributed by atoms with Gasteiger partial charge in [0.05, 0.1) is 18.4 Å². The molecule has 2 aromatic heterocycles. The van der Waals surface area contributed by atoms with Gasteiger partial charge in [0, 0.05) is 36.8 Å². The number of benzene rings is 1. The molecule has 0 aliphatic carbocycles. The zero-order chi connectivity index (χ0) is 26.0. The average Bonchev–Trinajstić information content (AvgIpc) is 3.52. The highest BCUT2D eigenvalue weighted by Crippen LogP contribution is 2.37. The standard InChI is InChI=1S/C21H20ClF4N7O3/c1-27-18-13(7-28-30-18)19(35)29-14-8-33(9-16(34)32-5-4-21(25,26)10-32)31-17(14)12-6-11(22)2-3-15(12)36-20(23)24/h2-3,6-8,20H,4-5,9-10H2,1H3,(H,29,35)(H2,27,28,30). The summed E-state index contributed by atoms with van der Waals surface area (Å²) in [6, 6.07) is 3.85. The Hall–Kier alpha value is -3.81. The number of aromatic nitrogens is 4. The molecule has 1 aliphatic rings. The zero-order valence-corrected chi connectivity index (χ0v) is 19.5. The molecule has 3 N–H and O–H groups in total. The lowest BCUT2D eigenvalue weighted by Crippen LogP contribution is -2.34. The molecule has 0 unspecified atom stereocenters. The molecule has 3 aromatic rings. The van der Waals surface area contributed by atoms with E-state index in [1.54, 1.807) is 7.05 Å². The SMILES string of the molecule is CNc1[nH]ncc1C(=O)Nc1cn(CC(=O)N2CCC(F)(F)C2)nc1-c1cc(Cl)ccc1OC(F)F. The number of rotatable bonds is 8. The van der Waals surface area contributed by atoms with E-state index in [0.29, 0.717) is 5.82 Å². The first-order valence-electron chi connectivity index (χ1n) is 10.6. The topological polar surface area (TPSA) is 117 Å². The minimum Gasteiger partial charge on any atom is -0.434 e. The number of hydrogen-bond donors (Lipinski definition) is 3. The van der Waals surface area contributed by atoms with Gasteiger partial charge in [-0.05, 0) is 18.2 Å². The van der Waals surface area contributed by atoms with Gasteiger partial charge >= 0.3 is 6.61 Å². The highest BCUT2D eigenvalue weighted by atomic mass is 35.5. The first-order chi connectivity index (χ1) is 17.1. The lowest BCUT2D eigenvalue weighted by atomic mass is 10.1. The van der Waals surface area contributed by atoms with Crippen molar-refractivity contribution in [3.05, 3.63) is 41.2 Å². The molecule has 1 saturated heterocycles. The van der Waals surface area contributed by atoms with Crippen molar-refractivity contribution in [1.29, 1.82) is 0 Å². The Morgan fingerprint density at radius 2 is 2.11 bits per heavy atom. The lowest BCUT2D eigenvalue weighted by molar-refractivity contribution is -0.132. The number of likely N-dealkylation sites (tertiary alicyclic amines) is 1. The Morgan fingerprint density at radius 1 is 1.33 bits per heavy atom. The molecular weight excluding hydrogens is 510 g/mol. The van der Waals surface area contributed by atoms with Crippen LogP contribution in [0.5, 0.6) is 5.75 Å². The van der Waals surface area contributed by atoms with E-state index in [2.05, 4.69) is 30.7 Å². The highest BCUT2D eigenvalue weighted by molar-refractivity contribution is 6.31. The van der Waals surface area contributed by atoms with Gasteiger partial charge in [-0.2, -0.15) is 19.0 Å². The fourth-order valence-electron chi connectivity index (χ4n) is 3.70. The first kappa shape index (κ1) is 25.3. The summed E-state index contributed by atoms with van der Waals surface area (Å²) in [5, 5.41) is 16.2. The van der Waals surface area contributed by atoms with Gasteiger partial charge < -0.3 is 20.3 Å². The van der Waals surface area contributed by atoms with Crippen LogP contribution in [0.2, 0.25) is 5.02 Å². The third kappa shape index (κ3) is 5.53. The average molecular weight is 530 g/mol. The number of alkyl halides is 4. The number of nitrogens with zero attached hydrogens (tertiary/aromatic N) is 4. The van der Waals surface area contributed by atoms with E-state index in [4.69, 9.17) is 11.6 Å². The monoisotopic (exact) mass is 529 g/mol. The number of ether oxygens (including phenoxy) is 1. The fourth-order valence-corrected chi connectivity index (χ4v) is 3.88. The van der Waals surface area contributed by atoms with E-state index in [9.17, 15) is 27.2 Å². The molecule has 4 rings (SSSR count). The molecule has 0 atom stereocenters. The molecule has 1 fully saturated rings. The zero-order valence-electron chi connectivity index (χ0n) is 18.7. The van der Waals surface area contributed by atoms with Gasteiger partial charge in [0.2, 0.25) is 5.91 Å². The Kier molecular flexibility index (Phi) is 7.06. The van der Waals surface area contributed by atoms with Crippen molar-refractivity contribution >= 4 is 34.9 Å². The molecule has 2 amide bonds. The number of amides is 2. The van der Waals surface area contributed by atoms with Gasteiger partial charge in [-0.15, -0.1) is 0 Å². The van der Waals surface area contributed by atoms with Crippen LogP contribution in [0.25, 0.3) is 11.3 Å². The molecule has 1 aromatic carbocycles. The van der Waals surface area contributed by atoms with E-state index >= 15 is 0 Å². The summed E-state index contributed by atoms with van der Waals surface area (Å²) in [5.41, 5.74) is 0.152. The second kappa shape index (κ2) is 10.0. The first-order valence-corrected chi connectivity index (χ1v) is 10.9. The molecule has 192 valence electrons. The van der Waals surface area contributed by atoms with Gasteiger partial charge in [0.25, 0.3) is 11.8 Å². The molecular formula is C21H20ClF4N7O3. The van der Waals surface area contributed by atoms with Crippen molar-refractivity contribution < 1.29 is 31.9 Å². The molecule has 3 heterocycles. The van der Waals surface area contributed by atoms with Crippen molar-refractivity contribution in [2.24, 2.45) is 0 Å². The van der Waals surface area contributed by atoms with Crippen LogP contribution in [0, 0.1) is 0 Å². The molecule has 10 nitrogen and oxygen atoms in total. The molecule has 15 heteroatoms. The van der Waals surface area contributed by atoms with E-state index < -0.39 is 43.9 Å². The van der Waals surface area contributed by atoms with Crippen molar-refractivity contribution in [2.75, 3.05) is 30.8 Å². The quantitative estimate of drug-likeness (QED) is 0.383. The number of H-pyrrole nitrogens is 1. The molecule has 0 bridgehead atoms. The number of aromatic amines is 1. The summed E-state index contributed by atoms with van der Waals surface area (Å²) in [6.45, 7) is -4.42. The summed E-state index contributed by atoms with van der Waals surface area (Å²) in [7, 11) is 1.57. The molecule has 1 aliphatic heterocycles. The maximum Gasteiger partial charge on any atom is 0.387 e. The van der Waals surface area contributed by atoms with Crippen LogP contribution in [0.15, 0.2) is 30.6 Å². The van der Waals surface area contributed by atoms with Crippen LogP contribution >= 0.6 is 11.6 Å². The third-order valence-corrected chi connectivity index (χ3v) is 5.61. The molecule has 0 saturated carbocycles. The minimum absolute atomic E-state index is 0.0121. The number of carbonyl (C=O) groups is 2. The Labute approximate surface area is 206 Å². The Balaban J connectivity index is 1.70. The number of halogens is 5. The summed E-state index contributed by atoms with van der Waals surface area (Å²) >= 11 is 6.07. The highest BCUT2D eigenvalue weighted by Gasteiger charge is 2.40. The van der Waals surface area contributed by atoms with Crippen molar-refractivity contribution in [1.82, 2.24) is 24.9 Å². The van der Waals surface area contributed by atoms with E-state index in [-0.39, 0.29) is 39.8 Å². The third-order valence-electron chi connectivity index (χ3n) is 5.38. The smallest absolute Gasteiger partial charge is 0.387 e. The van der Waals surface area contributed by atoms with Crippen LogP contribution in [-0.2, 0) is 11.3 Å². The maximum atomic E-state index is 13.5. The van der Waals surface area contributed by atoms with E-state index in [1.807, 2.05) is 0 Å². The predicted octanol–water partition coefficient (Wildman–Crippen LogP) is 3.69. The molecule has 0 spiro atoms. The van der Waals surface area contributed by atoms with Crippen LogP contribution < -0.4 is 15.4 Å². The van der Waals surface area contributed by atoms with Gasteiger partial charge in [0.15, 0.2) is 0 Å². The van der Waals surface area contributed by atoms with E-state index in [0.717, 1.165) is 9.58 Å².